The Kier molecular flexibility index (Phi) is 5.38. The van der Waals surface area contributed by atoms with Crippen molar-refractivity contribution < 1.29 is 9.53 Å². The van der Waals surface area contributed by atoms with Crippen LogP contribution in [-0.4, -0.2) is 40.3 Å². The largest absolute Gasteiger partial charge is 0.494 e. The minimum absolute atomic E-state index is 0.000775. The fourth-order valence-electron chi connectivity index (χ4n) is 3.44. The molecule has 0 radical (unpaired) electrons. The summed E-state index contributed by atoms with van der Waals surface area (Å²) < 4.78 is 7.20. The Hall–Kier alpha value is -2.34. The van der Waals surface area contributed by atoms with E-state index in [4.69, 9.17) is 4.74 Å². The molecule has 2 heterocycles. The maximum atomic E-state index is 12.4. The average Bonchev–Trinajstić information content (AvgIpc) is 3.15. The van der Waals surface area contributed by atoms with Crippen LogP contribution in [0.3, 0.4) is 0 Å². The SMILES string of the molecule is CCOc1ccc(C2CCCN2CC(=O)Nc2cc(C)nn2C)cc1. The van der Waals surface area contributed by atoms with Crippen molar-refractivity contribution in [2.24, 2.45) is 7.05 Å². The number of rotatable bonds is 6. The molecule has 1 aliphatic rings. The van der Waals surface area contributed by atoms with Crippen molar-refractivity contribution in [2.45, 2.75) is 32.7 Å². The number of benzene rings is 1. The van der Waals surface area contributed by atoms with Gasteiger partial charge in [0.25, 0.3) is 0 Å². The van der Waals surface area contributed by atoms with Gasteiger partial charge in [0.2, 0.25) is 5.91 Å². The number of likely N-dealkylation sites (tertiary alicyclic amines) is 1. The molecule has 25 heavy (non-hydrogen) atoms. The van der Waals surface area contributed by atoms with E-state index in [1.54, 1.807) is 4.68 Å². The first-order valence-corrected chi connectivity index (χ1v) is 8.84. The lowest BCUT2D eigenvalue weighted by molar-refractivity contribution is -0.117. The molecule has 0 spiro atoms. The molecule has 1 aliphatic heterocycles. The summed E-state index contributed by atoms with van der Waals surface area (Å²) in [6, 6.07) is 10.4. The van der Waals surface area contributed by atoms with Crippen LogP contribution < -0.4 is 10.1 Å². The van der Waals surface area contributed by atoms with Gasteiger partial charge >= 0.3 is 0 Å². The first kappa shape index (κ1) is 17.5. The number of nitrogens with one attached hydrogen (secondary N) is 1. The van der Waals surface area contributed by atoms with E-state index in [1.807, 2.05) is 39.1 Å². The summed E-state index contributed by atoms with van der Waals surface area (Å²) in [5.74, 6) is 1.63. The van der Waals surface area contributed by atoms with E-state index in [0.717, 1.165) is 36.6 Å². The summed E-state index contributed by atoms with van der Waals surface area (Å²) in [4.78, 5) is 14.7. The van der Waals surface area contributed by atoms with E-state index in [1.165, 1.54) is 5.56 Å². The first-order valence-electron chi connectivity index (χ1n) is 8.84. The van der Waals surface area contributed by atoms with Crippen molar-refractivity contribution in [2.75, 3.05) is 25.0 Å². The summed E-state index contributed by atoms with van der Waals surface area (Å²) in [6.07, 6.45) is 2.18. The molecule has 1 aromatic heterocycles. The van der Waals surface area contributed by atoms with Crippen LogP contribution in [0.25, 0.3) is 0 Å². The standard InChI is InChI=1S/C19H26N4O2/c1-4-25-16-9-7-15(8-10-16)17-6-5-11-23(17)13-19(24)20-18-12-14(2)21-22(18)3/h7-10,12,17H,4-6,11,13H2,1-3H3,(H,20,24). The summed E-state index contributed by atoms with van der Waals surface area (Å²) in [6.45, 7) is 5.90. The van der Waals surface area contributed by atoms with Crippen LogP contribution in [0.2, 0.25) is 0 Å². The Morgan fingerprint density at radius 1 is 1.36 bits per heavy atom. The first-order chi connectivity index (χ1) is 12.1. The van der Waals surface area contributed by atoms with E-state index < -0.39 is 0 Å². The van der Waals surface area contributed by atoms with Crippen LogP contribution >= 0.6 is 0 Å². The van der Waals surface area contributed by atoms with Crippen molar-refractivity contribution in [3.8, 4) is 5.75 Å². The van der Waals surface area contributed by atoms with E-state index in [9.17, 15) is 4.79 Å². The molecular formula is C19H26N4O2. The van der Waals surface area contributed by atoms with Gasteiger partial charge in [0.05, 0.1) is 18.8 Å². The van der Waals surface area contributed by atoms with E-state index in [0.29, 0.717) is 13.2 Å². The Morgan fingerprint density at radius 2 is 2.12 bits per heavy atom. The van der Waals surface area contributed by atoms with Gasteiger partial charge in [-0.2, -0.15) is 5.10 Å². The number of ether oxygens (including phenoxy) is 1. The second kappa shape index (κ2) is 7.70. The molecule has 1 saturated heterocycles. The average molecular weight is 342 g/mol. The van der Waals surface area contributed by atoms with Gasteiger partial charge in [0.15, 0.2) is 0 Å². The zero-order valence-corrected chi connectivity index (χ0v) is 15.2. The third-order valence-corrected chi connectivity index (χ3v) is 4.56. The van der Waals surface area contributed by atoms with Crippen molar-refractivity contribution in [1.82, 2.24) is 14.7 Å². The van der Waals surface area contributed by atoms with Gasteiger partial charge in [-0.1, -0.05) is 12.1 Å². The highest BCUT2D eigenvalue weighted by Gasteiger charge is 2.27. The minimum Gasteiger partial charge on any atom is -0.494 e. The molecule has 6 nitrogen and oxygen atoms in total. The van der Waals surface area contributed by atoms with Gasteiger partial charge < -0.3 is 10.1 Å². The number of aromatic nitrogens is 2. The highest BCUT2D eigenvalue weighted by molar-refractivity contribution is 5.91. The summed E-state index contributed by atoms with van der Waals surface area (Å²) in [5, 5.41) is 7.21. The fraction of sp³-hybridized carbons (Fsp3) is 0.474. The predicted octanol–water partition coefficient (Wildman–Crippen LogP) is 2.90. The number of carbonyl (C=O) groups is 1. The van der Waals surface area contributed by atoms with Crippen LogP contribution in [0.1, 0.15) is 37.1 Å². The lowest BCUT2D eigenvalue weighted by atomic mass is 10.0. The van der Waals surface area contributed by atoms with Crippen molar-refractivity contribution in [3.05, 3.63) is 41.6 Å². The van der Waals surface area contributed by atoms with Crippen LogP contribution in [0.4, 0.5) is 5.82 Å². The van der Waals surface area contributed by atoms with E-state index in [-0.39, 0.29) is 11.9 Å². The fourth-order valence-corrected chi connectivity index (χ4v) is 3.44. The number of hydrogen-bond donors (Lipinski definition) is 1. The van der Waals surface area contributed by atoms with E-state index >= 15 is 0 Å². The zero-order valence-electron chi connectivity index (χ0n) is 15.2. The third-order valence-electron chi connectivity index (χ3n) is 4.56. The Labute approximate surface area is 148 Å². The summed E-state index contributed by atoms with van der Waals surface area (Å²) >= 11 is 0. The maximum Gasteiger partial charge on any atom is 0.239 e. The second-order valence-electron chi connectivity index (χ2n) is 6.47. The molecular weight excluding hydrogens is 316 g/mol. The van der Waals surface area contributed by atoms with Crippen molar-refractivity contribution >= 4 is 11.7 Å². The number of carbonyl (C=O) groups excluding carboxylic acids is 1. The molecule has 6 heteroatoms. The van der Waals surface area contributed by atoms with Gasteiger partial charge in [-0.3, -0.25) is 14.4 Å². The van der Waals surface area contributed by atoms with Crippen molar-refractivity contribution in [1.29, 1.82) is 0 Å². The minimum atomic E-state index is 0.000775. The molecule has 2 aromatic rings. The van der Waals surface area contributed by atoms with Gasteiger partial charge in [0, 0.05) is 19.2 Å². The molecule has 3 rings (SSSR count). The number of hydrogen-bond acceptors (Lipinski definition) is 4. The highest BCUT2D eigenvalue weighted by Crippen LogP contribution is 2.32. The zero-order chi connectivity index (χ0) is 17.8. The van der Waals surface area contributed by atoms with Gasteiger partial charge in [-0.05, 0) is 50.9 Å². The van der Waals surface area contributed by atoms with Crippen LogP contribution in [0.5, 0.6) is 5.75 Å². The van der Waals surface area contributed by atoms with E-state index in [2.05, 4.69) is 27.4 Å². The Morgan fingerprint density at radius 3 is 2.76 bits per heavy atom. The predicted molar refractivity (Wildman–Crippen MR) is 97.7 cm³/mol. The molecule has 0 aliphatic carbocycles. The molecule has 0 bridgehead atoms. The topological polar surface area (TPSA) is 59.4 Å². The molecule has 1 aromatic carbocycles. The molecule has 1 amide bonds. The van der Waals surface area contributed by atoms with Gasteiger partial charge in [-0.25, -0.2) is 0 Å². The molecule has 134 valence electrons. The Bertz CT molecular complexity index is 724. The number of aryl methyl sites for hydroxylation is 2. The smallest absolute Gasteiger partial charge is 0.239 e. The van der Waals surface area contributed by atoms with Gasteiger partial charge in [0.1, 0.15) is 11.6 Å². The highest BCUT2D eigenvalue weighted by atomic mass is 16.5. The van der Waals surface area contributed by atoms with Crippen LogP contribution in [0, 0.1) is 6.92 Å². The normalized spacial score (nSPS) is 17.6. The quantitative estimate of drug-likeness (QED) is 0.877. The third kappa shape index (κ3) is 4.20. The second-order valence-corrected chi connectivity index (χ2v) is 6.47. The van der Waals surface area contributed by atoms with Crippen LogP contribution in [-0.2, 0) is 11.8 Å². The number of amides is 1. The van der Waals surface area contributed by atoms with Gasteiger partial charge in [-0.15, -0.1) is 0 Å². The van der Waals surface area contributed by atoms with Crippen molar-refractivity contribution in [3.63, 3.8) is 0 Å². The maximum absolute atomic E-state index is 12.4. The molecule has 1 atom stereocenters. The lowest BCUT2D eigenvalue weighted by Gasteiger charge is -2.24. The molecule has 1 N–H and O–H groups in total. The molecule has 0 saturated carbocycles. The van der Waals surface area contributed by atoms with Crippen LogP contribution in [0.15, 0.2) is 30.3 Å². The number of nitrogens with zero attached hydrogens (tertiary/aromatic N) is 3. The Balaban J connectivity index is 1.63. The number of anilines is 1. The summed E-state index contributed by atoms with van der Waals surface area (Å²) in [7, 11) is 1.83. The summed E-state index contributed by atoms with van der Waals surface area (Å²) in [5.41, 5.74) is 2.14. The molecule has 1 unspecified atom stereocenters. The lowest BCUT2D eigenvalue weighted by Crippen LogP contribution is -2.33. The molecule has 1 fully saturated rings. The monoisotopic (exact) mass is 342 g/mol.